The van der Waals surface area contributed by atoms with Gasteiger partial charge in [-0.2, -0.15) is 0 Å². The van der Waals surface area contributed by atoms with Crippen molar-refractivity contribution in [3.63, 3.8) is 0 Å². The lowest BCUT2D eigenvalue weighted by Gasteiger charge is -2.19. The lowest BCUT2D eigenvalue weighted by molar-refractivity contribution is 0.127. The minimum atomic E-state index is 0.423. The molecule has 0 atom stereocenters. The summed E-state index contributed by atoms with van der Waals surface area (Å²) in [5.41, 5.74) is 2.97. The van der Waals surface area contributed by atoms with E-state index in [9.17, 15) is 0 Å². The number of aryl methyl sites for hydroxylation is 1. The molecule has 0 radical (unpaired) electrons. The van der Waals surface area contributed by atoms with Gasteiger partial charge in [0.15, 0.2) is 0 Å². The van der Waals surface area contributed by atoms with Gasteiger partial charge >= 0.3 is 0 Å². The summed E-state index contributed by atoms with van der Waals surface area (Å²) < 4.78 is 12.7. The van der Waals surface area contributed by atoms with Gasteiger partial charge in [0.1, 0.15) is 24.7 Å². The van der Waals surface area contributed by atoms with Gasteiger partial charge < -0.3 is 14.3 Å². The Morgan fingerprint density at radius 3 is 2.46 bits per heavy atom. The molecule has 0 amide bonds. The standard InChI is InChI=1S/C19H26Br2ClNO3/c1-5-14-12-16(24-11-8-17(20)21)18(22)15(6-2)19(14)25-9-7-10-26-23-13(3)4/h8,12H,5-7,9-11H2,1-4H3. The molecule has 0 unspecified atom stereocenters. The van der Waals surface area contributed by atoms with Crippen molar-refractivity contribution in [3.05, 3.63) is 31.7 Å². The van der Waals surface area contributed by atoms with Gasteiger partial charge in [-0.05, 0) is 76.3 Å². The molecule has 0 aliphatic carbocycles. The third-order valence-electron chi connectivity index (χ3n) is 3.44. The van der Waals surface area contributed by atoms with E-state index < -0.39 is 0 Å². The van der Waals surface area contributed by atoms with Crippen molar-refractivity contribution in [2.75, 3.05) is 19.8 Å². The van der Waals surface area contributed by atoms with Crippen LogP contribution in [0.3, 0.4) is 0 Å². The highest BCUT2D eigenvalue weighted by atomic mass is 79.9. The van der Waals surface area contributed by atoms with Crippen LogP contribution in [0.2, 0.25) is 5.02 Å². The average molecular weight is 512 g/mol. The van der Waals surface area contributed by atoms with Crippen molar-refractivity contribution in [1.29, 1.82) is 0 Å². The van der Waals surface area contributed by atoms with Crippen LogP contribution < -0.4 is 9.47 Å². The first-order valence-corrected chi connectivity index (χ1v) is 10.6. The Bertz CT molecular complexity index is 640. The second-order valence-corrected chi connectivity index (χ2v) is 8.89. The van der Waals surface area contributed by atoms with E-state index in [4.69, 9.17) is 25.9 Å². The zero-order valence-corrected chi connectivity index (χ0v) is 19.6. The fraction of sp³-hybridized carbons (Fsp3) is 0.526. The second kappa shape index (κ2) is 12.6. The molecule has 146 valence electrons. The maximum atomic E-state index is 6.56. The molecule has 1 aromatic rings. The fourth-order valence-electron chi connectivity index (χ4n) is 2.26. The zero-order valence-electron chi connectivity index (χ0n) is 15.7. The van der Waals surface area contributed by atoms with E-state index in [1.165, 1.54) is 0 Å². The summed E-state index contributed by atoms with van der Waals surface area (Å²) in [5, 5.41) is 4.53. The highest BCUT2D eigenvalue weighted by molar-refractivity contribution is 9.28. The third kappa shape index (κ3) is 7.89. The first-order chi connectivity index (χ1) is 12.4. The van der Waals surface area contributed by atoms with Gasteiger partial charge in [0.25, 0.3) is 0 Å². The van der Waals surface area contributed by atoms with Crippen LogP contribution in [0.4, 0.5) is 0 Å². The van der Waals surface area contributed by atoms with Crippen molar-refractivity contribution in [2.24, 2.45) is 5.16 Å². The topological polar surface area (TPSA) is 40.0 Å². The van der Waals surface area contributed by atoms with Gasteiger partial charge in [-0.25, -0.2) is 0 Å². The predicted molar refractivity (Wildman–Crippen MR) is 116 cm³/mol. The number of rotatable bonds is 11. The summed E-state index contributed by atoms with van der Waals surface area (Å²) in [7, 11) is 0. The van der Waals surface area contributed by atoms with Gasteiger partial charge in [-0.1, -0.05) is 30.6 Å². The first kappa shape index (κ1) is 23.3. The van der Waals surface area contributed by atoms with E-state index in [0.29, 0.717) is 30.6 Å². The minimum Gasteiger partial charge on any atom is -0.493 e. The van der Waals surface area contributed by atoms with E-state index in [-0.39, 0.29) is 0 Å². The largest absolute Gasteiger partial charge is 0.493 e. The Labute approximate surface area is 178 Å². The quantitative estimate of drug-likeness (QED) is 0.190. The molecule has 0 saturated heterocycles. The highest BCUT2D eigenvalue weighted by Crippen LogP contribution is 2.39. The Kier molecular flexibility index (Phi) is 11.3. The van der Waals surface area contributed by atoms with Crippen molar-refractivity contribution < 1.29 is 14.3 Å². The van der Waals surface area contributed by atoms with Gasteiger partial charge in [-0.15, -0.1) is 0 Å². The molecule has 0 aromatic heterocycles. The van der Waals surface area contributed by atoms with E-state index >= 15 is 0 Å². The molecule has 1 aromatic carbocycles. The summed E-state index contributed by atoms with van der Waals surface area (Å²) in [6, 6.07) is 1.97. The summed E-state index contributed by atoms with van der Waals surface area (Å²) in [5.74, 6) is 1.54. The Morgan fingerprint density at radius 1 is 1.15 bits per heavy atom. The van der Waals surface area contributed by atoms with Gasteiger partial charge in [0.2, 0.25) is 0 Å². The van der Waals surface area contributed by atoms with Crippen molar-refractivity contribution >= 4 is 49.2 Å². The molecular weight excluding hydrogens is 485 g/mol. The maximum Gasteiger partial charge on any atom is 0.139 e. The lowest BCUT2D eigenvalue weighted by atomic mass is 10.0. The number of hydrogen-bond acceptors (Lipinski definition) is 4. The number of hydrogen-bond donors (Lipinski definition) is 0. The van der Waals surface area contributed by atoms with Crippen LogP contribution >= 0.6 is 43.5 Å². The second-order valence-electron chi connectivity index (χ2n) is 5.74. The van der Waals surface area contributed by atoms with Crippen LogP contribution in [0.15, 0.2) is 20.7 Å². The van der Waals surface area contributed by atoms with Crippen LogP contribution in [0.25, 0.3) is 0 Å². The summed E-state index contributed by atoms with van der Waals surface area (Å²) >= 11 is 13.2. The SMILES string of the molecule is CCc1cc(OCC=C(Br)Br)c(Cl)c(CC)c1OCCCON=C(C)C. The molecule has 1 rings (SSSR count). The Balaban J connectivity index is 2.85. The normalized spacial score (nSPS) is 10.3. The Morgan fingerprint density at radius 2 is 1.88 bits per heavy atom. The molecular formula is C19H26Br2ClNO3. The molecule has 26 heavy (non-hydrogen) atoms. The van der Waals surface area contributed by atoms with Crippen LogP contribution in [-0.4, -0.2) is 25.5 Å². The number of halogens is 3. The molecule has 0 heterocycles. The van der Waals surface area contributed by atoms with E-state index in [0.717, 1.165) is 45.2 Å². The molecule has 0 aliphatic heterocycles. The third-order valence-corrected chi connectivity index (χ3v) is 4.50. The summed E-state index contributed by atoms with van der Waals surface area (Å²) in [6.07, 6.45) is 4.23. The summed E-state index contributed by atoms with van der Waals surface area (Å²) in [4.78, 5) is 5.20. The minimum absolute atomic E-state index is 0.423. The molecule has 0 bridgehead atoms. The number of nitrogens with zero attached hydrogens (tertiary/aromatic N) is 1. The average Bonchev–Trinajstić information content (AvgIpc) is 2.59. The fourth-order valence-corrected chi connectivity index (χ4v) is 2.85. The van der Waals surface area contributed by atoms with E-state index in [1.807, 2.05) is 26.0 Å². The van der Waals surface area contributed by atoms with Crippen LogP contribution in [0, 0.1) is 0 Å². The zero-order chi connectivity index (χ0) is 19.5. The lowest BCUT2D eigenvalue weighted by Crippen LogP contribution is -2.07. The highest BCUT2D eigenvalue weighted by Gasteiger charge is 2.17. The Hall–Kier alpha value is -0.720. The van der Waals surface area contributed by atoms with E-state index in [2.05, 4.69) is 50.9 Å². The first-order valence-electron chi connectivity index (χ1n) is 8.64. The smallest absolute Gasteiger partial charge is 0.139 e. The number of oxime groups is 1. The van der Waals surface area contributed by atoms with E-state index in [1.54, 1.807) is 0 Å². The molecule has 4 nitrogen and oxygen atoms in total. The van der Waals surface area contributed by atoms with Crippen LogP contribution in [0.5, 0.6) is 11.5 Å². The van der Waals surface area contributed by atoms with Crippen LogP contribution in [-0.2, 0) is 17.7 Å². The molecule has 0 fully saturated rings. The molecule has 0 saturated carbocycles. The maximum absolute atomic E-state index is 6.56. The summed E-state index contributed by atoms with van der Waals surface area (Å²) in [6.45, 7) is 9.45. The van der Waals surface area contributed by atoms with Crippen molar-refractivity contribution in [2.45, 2.75) is 47.0 Å². The van der Waals surface area contributed by atoms with Crippen molar-refractivity contribution in [3.8, 4) is 11.5 Å². The molecule has 0 spiro atoms. The number of ether oxygens (including phenoxy) is 2. The van der Waals surface area contributed by atoms with Gasteiger partial charge in [0, 0.05) is 12.0 Å². The van der Waals surface area contributed by atoms with Gasteiger partial charge in [-0.3, -0.25) is 0 Å². The predicted octanol–water partition coefficient (Wildman–Crippen LogP) is 6.66. The van der Waals surface area contributed by atoms with Gasteiger partial charge in [0.05, 0.1) is 20.7 Å². The molecule has 0 N–H and O–H groups in total. The van der Waals surface area contributed by atoms with Crippen LogP contribution in [0.1, 0.15) is 45.2 Å². The number of benzene rings is 1. The monoisotopic (exact) mass is 509 g/mol. The molecule has 7 heteroatoms. The molecule has 0 aliphatic rings. The van der Waals surface area contributed by atoms with Crippen molar-refractivity contribution in [1.82, 2.24) is 0 Å².